The molecule has 1 aromatic carbocycles. The van der Waals surface area contributed by atoms with Crippen molar-refractivity contribution >= 4 is 16.7 Å². The van der Waals surface area contributed by atoms with Crippen LogP contribution in [0, 0.1) is 5.82 Å². The molecular formula is C16H18FN3O2. The summed E-state index contributed by atoms with van der Waals surface area (Å²) < 4.78 is 14.7. The van der Waals surface area contributed by atoms with Crippen molar-refractivity contribution < 1.29 is 9.18 Å². The average molecular weight is 303 g/mol. The van der Waals surface area contributed by atoms with Crippen LogP contribution in [0.5, 0.6) is 0 Å². The summed E-state index contributed by atoms with van der Waals surface area (Å²) in [5, 5.41) is 4.25. The average Bonchev–Trinajstić information content (AvgIpc) is 2.54. The van der Waals surface area contributed by atoms with Crippen molar-refractivity contribution in [1.82, 2.24) is 14.8 Å². The number of aryl methyl sites for hydroxylation is 1. The number of pyridine rings is 1. The Morgan fingerprint density at radius 2 is 2.00 bits per heavy atom. The summed E-state index contributed by atoms with van der Waals surface area (Å²) in [6.45, 7) is 3.39. The van der Waals surface area contributed by atoms with E-state index in [1.54, 1.807) is 12.3 Å². The second-order valence-corrected chi connectivity index (χ2v) is 5.43. The van der Waals surface area contributed by atoms with Crippen molar-refractivity contribution in [1.29, 1.82) is 0 Å². The van der Waals surface area contributed by atoms with Gasteiger partial charge < -0.3 is 14.8 Å². The van der Waals surface area contributed by atoms with Crippen LogP contribution >= 0.6 is 0 Å². The van der Waals surface area contributed by atoms with Gasteiger partial charge in [-0.25, -0.2) is 4.39 Å². The monoisotopic (exact) mass is 303 g/mol. The number of hydrogen-bond donors (Lipinski definition) is 1. The first-order valence-electron chi connectivity index (χ1n) is 7.42. The molecule has 0 saturated carbocycles. The quantitative estimate of drug-likeness (QED) is 0.919. The lowest BCUT2D eigenvalue weighted by atomic mass is 10.1. The molecule has 0 unspecified atom stereocenters. The molecule has 1 aromatic heterocycles. The summed E-state index contributed by atoms with van der Waals surface area (Å²) in [7, 11) is 0. The molecule has 0 atom stereocenters. The van der Waals surface area contributed by atoms with E-state index in [1.165, 1.54) is 22.8 Å². The number of amides is 1. The molecule has 3 rings (SSSR count). The first-order chi connectivity index (χ1) is 10.6. The van der Waals surface area contributed by atoms with Gasteiger partial charge in [0, 0.05) is 50.7 Å². The van der Waals surface area contributed by atoms with E-state index in [-0.39, 0.29) is 17.3 Å². The predicted octanol–water partition coefficient (Wildman–Crippen LogP) is 0.963. The lowest BCUT2D eigenvalue weighted by molar-refractivity contribution is -0.132. The molecule has 0 aliphatic carbocycles. The topological polar surface area (TPSA) is 54.3 Å². The van der Waals surface area contributed by atoms with Crippen LogP contribution in [0.3, 0.4) is 0 Å². The number of nitrogens with zero attached hydrogens (tertiary/aromatic N) is 2. The third-order valence-electron chi connectivity index (χ3n) is 3.98. The van der Waals surface area contributed by atoms with E-state index < -0.39 is 0 Å². The molecule has 2 heterocycles. The van der Waals surface area contributed by atoms with Crippen molar-refractivity contribution in [2.24, 2.45) is 0 Å². The Morgan fingerprint density at radius 3 is 2.77 bits per heavy atom. The van der Waals surface area contributed by atoms with Crippen LogP contribution in [-0.4, -0.2) is 41.6 Å². The van der Waals surface area contributed by atoms with Crippen LogP contribution in [0.15, 0.2) is 35.3 Å². The maximum Gasteiger partial charge on any atom is 0.258 e. The van der Waals surface area contributed by atoms with Crippen molar-refractivity contribution in [2.75, 3.05) is 26.2 Å². The fraction of sp³-hybridized carbons (Fsp3) is 0.375. The molecule has 1 aliphatic rings. The number of carbonyl (C=O) groups is 1. The molecular weight excluding hydrogens is 285 g/mol. The van der Waals surface area contributed by atoms with E-state index in [0.29, 0.717) is 36.8 Å². The van der Waals surface area contributed by atoms with Gasteiger partial charge in [0.1, 0.15) is 5.82 Å². The number of rotatable bonds is 3. The molecule has 0 spiro atoms. The zero-order valence-electron chi connectivity index (χ0n) is 12.2. The zero-order chi connectivity index (χ0) is 15.5. The lowest BCUT2D eigenvalue weighted by Gasteiger charge is -2.27. The Morgan fingerprint density at radius 1 is 1.23 bits per heavy atom. The molecule has 1 amide bonds. The van der Waals surface area contributed by atoms with Crippen LogP contribution in [0.4, 0.5) is 4.39 Å². The number of benzene rings is 1. The van der Waals surface area contributed by atoms with E-state index in [9.17, 15) is 14.0 Å². The zero-order valence-corrected chi connectivity index (χ0v) is 12.2. The van der Waals surface area contributed by atoms with E-state index >= 15 is 0 Å². The molecule has 116 valence electrons. The van der Waals surface area contributed by atoms with E-state index in [1.807, 2.05) is 4.90 Å². The number of carbonyl (C=O) groups excluding carboxylic acids is 1. The van der Waals surface area contributed by atoms with Gasteiger partial charge in [-0.2, -0.15) is 0 Å². The highest BCUT2D eigenvalue weighted by atomic mass is 19.1. The molecule has 5 nitrogen and oxygen atoms in total. The third-order valence-corrected chi connectivity index (χ3v) is 3.98. The van der Waals surface area contributed by atoms with Gasteiger partial charge in [0.15, 0.2) is 0 Å². The SMILES string of the molecule is O=C(CCn1ccc2cc(F)ccc2c1=O)N1CCNCC1. The summed E-state index contributed by atoms with van der Waals surface area (Å²) in [6.07, 6.45) is 1.92. The predicted molar refractivity (Wildman–Crippen MR) is 82.2 cm³/mol. The van der Waals surface area contributed by atoms with Gasteiger partial charge in [0.2, 0.25) is 5.91 Å². The standard InChI is InChI=1S/C16H18FN3O2/c17-13-1-2-14-12(11-13)3-7-20(16(14)22)8-4-15(21)19-9-5-18-6-10-19/h1-3,7,11,18H,4-6,8-10H2. The van der Waals surface area contributed by atoms with E-state index in [4.69, 9.17) is 0 Å². The largest absolute Gasteiger partial charge is 0.340 e. The van der Waals surface area contributed by atoms with E-state index in [0.717, 1.165) is 13.1 Å². The number of aromatic nitrogens is 1. The second-order valence-electron chi connectivity index (χ2n) is 5.43. The minimum absolute atomic E-state index is 0.0626. The molecule has 1 aliphatic heterocycles. The molecule has 0 radical (unpaired) electrons. The maximum absolute atomic E-state index is 13.2. The normalized spacial score (nSPS) is 15.2. The van der Waals surface area contributed by atoms with Gasteiger partial charge in [-0.05, 0) is 29.7 Å². The van der Waals surface area contributed by atoms with Crippen LogP contribution in [-0.2, 0) is 11.3 Å². The summed E-state index contributed by atoms with van der Waals surface area (Å²) in [4.78, 5) is 26.3. The molecule has 1 fully saturated rings. The first-order valence-corrected chi connectivity index (χ1v) is 7.42. The van der Waals surface area contributed by atoms with Crippen molar-refractivity contribution in [3.05, 3.63) is 46.6 Å². The van der Waals surface area contributed by atoms with Gasteiger partial charge in [0.25, 0.3) is 5.56 Å². The van der Waals surface area contributed by atoms with Crippen LogP contribution < -0.4 is 10.9 Å². The number of piperazine rings is 1. The summed E-state index contributed by atoms with van der Waals surface area (Å²) >= 11 is 0. The maximum atomic E-state index is 13.2. The summed E-state index contributed by atoms with van der Waals surface area (Å²) in [6, 6.07) is 5.81. The van der Waals surface area contributed by atoms with Crippen LogP contribution in [0.25, 0.3) is 10.8 Å². The van der Waals surface area contributed by atoms with Crippen molar-refractivity contribution in [3.8, 4) is 0 Å². The van der Waals surface area contributed by atoms with Crippen LogP contribution in [0.2, 0.25) is 0 Å². The van der Waals surface area contributed by atoms with Gasteiger partial charge in [0.05, 0.1) is 0 Å². The Balaban J connectivity index is 1.74. The highest BCUT2D eigenvalue weighted by Crippen LogP contribution is 2.11. The number of nitrogens with one attached hydrogen (secondary N) is 1. The second kappa shape index (κ2) is 6.27. The molecule has 0 bridgehead atoms. The van der Waals surface area contributed by atoms with Gasteiger partial charge in [-0.1, -0.05) is 0 Å². The smallest absolute Gasteiger partial charge is 0.258 e. The van der Waals surface area contributed by atoms with Crippen molar-refractivity contribution in [2.45, 2.75) is 13.0 Å². The molecule has 1 saturated heterocycles. The fourth-order valence-electron chi connectivity index (χ4n) is 2.72. The Hall–Kier alpha value is -2.21. The molecule has 22 heavy (non-hydrogen) atoms. The Kier molecular flexibility index (Phi) is 4.20. The molecule has 2 aromatic rings. The van der Waals surface area contributed by atoms with Crippen LogP contribution in [0.1, 0.15) is 6.42 Å². The first kappa shape index (κ1) is 14.7. The summed E-state index contributed by atoms with van der Waals surface area (Å²) in [5.41, 5.74) is -0.189. The lowest BCUT2D eigenvalue weighted by Crippen LogP contribution is -2.46. The molecule has 1 N–H and O–H groups in total. The van der Waals surface area contributed by atoms with Crippen molar-refractivity contribution in [3.63, 3.8) is 0 Å². The number of halogens is 1. The third kappa shape index (κ3) is 3.01. The van der Waals surface area contributed by atoms with Gasteiger partial charge in [-0.15, -0.1) is 0 Å². The number of fused-ring (bicyclic) bond motifs is 1. The Bertz CT molecular complexity index is 751. The van der Waals surface area contributed by atoms with Gasteiger partial charge >= 0.3 is 0 Å². The summed E-state index contributed by atoms with van der Waals surface area (Å²) in [5.74, 6) is -0.300. The minimum Gasteiger partial charge on any atom is -0.340 e. The van der Waals surface area contributed by atoms with Gasteiger partial charge in [-0.3, -0.25) is 9.59 Å². The highest BCUT2D eigenvalue weighted by molar-refractivity contribution is 5.81. The molecule has 6 heteroatoms. The minimum atomic E-state index is -0.362. The van der Waals surface area contributed by atoms with E-state index in [2.05, 4.69) is 5.32 Å². The Labute approximate surface area is 127 Å². The highest BCUT2D eigenvalue weighted by Gasteiger charge is 2.16. The number of hydrogen-bond acceptors (Lipinski definition) is 3. The fourth-order valence-corrected chi connectivity index (χ4v) is 2.72.